The molecular weight excluding hydrogens is 1740 g/mol. The standard InChI is InChI=1S/C38H43FN2O8.C30H25F10NO3.C18H18N2S.C15H17N3/c1-26(2)37-36(33(44)23-27-11-5-3-6-12-27)35(28-13-7-4-8-14-28)38(29-15-17-30(39)18-16-29)40(37)20-19-31(42)24-32(43)25-34(45)48-21-9-10-22-49-41(46)47;1-14(2)22-11-23(25(43-4)12-24(22)31)21-6-5-18(28(32,33)34)9-17(21)13-41-15(3)26(44-27(41)42)16-7-19(29(35,36)37)10-20(8-16)30(38,39)40;1-3-4-16-11-15(9-10-19-16)18-20-17(12-21-18)14-7-5-13(2)6-8-14;1-2-4-12(5-3-1)10-15-17-11-13-6-8-16-9-7-14(13)18-15/h3-8,11-18,26,31-32,42-43H,9-10,19-25H2,1-2H3;5-12,14-15,26H,13H2,1-4H3;5-12H,3-4H2,1-2H3;1-5,11,16H,6-10H2/t31-,32-;15-,26-;;/m10../s1. The molecule has 19 nitrogen and oxygen atoms in total. The van der Waals surface area contributed by atoms with Crippen LogP contribution in [0, 0.1) is 28.7 Å². The van der Waals surface area contributed by atoms with Gasteiger partial charge in [0.2, 0.25) is 0 Å². The molecule has 0 spiro atoms. The summed E-state index contributed by atoms with van der Waals surface area (Å²) in [7, 11) is 1.23. The second-order valence-electron chi connectivity index (χ2n) is 32.7. The number of ether oxygens (including phenoxy) is 3. The van der Waals surface area contributed by atoms with Crippen molar-refractivity contribution in [3.8, 4) is 61.1 Å². The van der Waals surface area contributed by atoms with Gasteiger partial charge in [0.1, 0.15) is 34.3 Å². The summed E-state index contributed by atoms with van der Waals surface area (Å²) < 4.78 is 168. The van der Waals surface area contributed by atoms with Crippen molar-refractivity contribution in [1.82, 2.24) is 34.7 Å². The predicted octanol–water partition coefficient (Wildman–Crippen LogP) is 23.6. The number of amides is 1. The lowest BCUT2D eigenvalue weighted by Crippen LogP contribution is -2.32. The number of benzene rings is 8. The molecule has 12 aromatic rings. The molecule has 3 N–H and O–H groups in total. The van der Waals surface area contributed by atoms with E-state index < -0.39 is 94.6 Å². The minimum Gasteiger partial charge on any atom is -0.496 e. The van der Waals surface area contributed by atoms with Crippen LogP contribution in [0.3, 0.4) is 0 Å². The van der Waals surface area contributed by atoms with Crippen molar-refractivity contribution in [3.05, 3.63) is 324 Å². The molecule has 31 heteroatoms. The zero-order valence-corrected chi connectivity index (χ0v) is 74.9. The number of alkyl halides is 9. The fourth-order valence-corrected chi connectivity index (χ4v) is 16.5. The third-order valence-corrected chi connectivity index (χ3v) is 23.1. The van der Waals surface area contributed by atoms with Gasteiger partial charge in [-0.3, -0.25) is 19.5 Å². The van der Waals surface area contributed by atoms with Crippen LogP contribution in [0.1, 0.15) is 187 Å². The van der Waals surface area contributed by atoms with Crippen LogP contribution in [0.4, 0.5) is 53.1 Å². The number of unbranched alkanes of at least 4 members (excludes halogenated alkanes) is 1. The highest BCUT2D eigenvalue weighted by molar-refractivity contribution is 7.13. The number of fused-ring (bicyclic) bond motifs is 1. The summed E-state index contributed by atoms with van der Waals surface area (Å²) >= 11 is 1.69. The number of Topliss-reactive ketones (excluding diaryl/α,β-unsaturated/α-hetero) is 1. The van der Waals surface area contributed by atoms with E-state index in [-0.39, 0.29) is 103 Å². The Morgan fingerprint density at radius 1 is 0.689 bits per heavy atom. The third kappa shape index (κ3) is 27.3. The number of pyridine rings is 1. The molecule has 1 amide bonds. The van der Waals surface area contributed by atoms with Gasteiger partial charge in [0.05, 0.1) is 79.6 Å². The van der Waals surface area contributed by atoms with E-state index in [1.165, 1.54) is 60.2 Å². The summed E-state index contributed by atoms with van der Waals surface area (Å²) in [4.78, 5) is 73.1. The number of hydrogen-bond donors (Lipinski definition) is 3. The number of esters is 1. The van der Waals surface area contributed by atoms with Crippen molar-refractivity contribution in [2.24, 2.45) is 0 Å². The van der Waals surface area contributed by atoms with Crippen molar-refractivity contribution >= 4 is 29.2 Å². The second-order valence-corrected chi connectivity index (χ2v) is 33.6. The largest absolute Gasteiger partial charge is 0.496 e. The topological polar surface area (TPSA) is 243 Å². The normalized spacial score (nSPS) is 14.3. The molecule has 0 radical (unpaired) electrons. The van der Waals surface area contributed by atoms with Crippen molar-refractivity contribution in [1.29, 1.82) is 0 Å². The Balaban J connectivity index is 0.000000183. The number of rotatable bonds is 31. The van der Waals surface area contributed by atoms with Gasteiger partial charge in [-0.25, -0.2) is 28.5 Å². The molecule has 696 valence electrons. The Bertz CT molecular complexity index is 5830. The van der Waals surface area contributed by atoms with Crippen molar-refractivity contribution in [3.63, 3.8) is 0 Å². The molecule has 4 atom stereocenters. The van der Waals surface area contributed by atoms with Gasteiger partial charge in [0.25, 0.3) is 5.09 Å². The Morgan fingerprint density at radius 2 is 1.33 bits per heavy atom. The summed E-state index contributed by atoms with van der Waals surface area (Å²) in [6.07, 6.45) is -10.5. The second kappa shape index (κ2) is 46.0. The SMILES string of the molecule is CC(C)c1c(C(=O)Cc2ccccc2)c(-c2ccccc2)c(-c2ccc(F)cc2)n1CC[C@@H](O)C[C@@H](O)CC(=O)OCCCCO[N+](=O)[O-].CCCc1cc(-c2nc(-c3ccc(C)cc3)cs2)ccn1.COc1cc(F)c(C(C)C)cc1-c1ccc(C(F)(F)F)cc1CN1C(=O)O[C@H](c2cc(C(F)(F)F)cc(C(F)(F)F)c2)[C@@H]1C.c1ccc(Cc2ncc3c(n2)CCNCC3)cc1. The number of carbonyl (C=O) groups excluding carboxylic acids is 3. The summed E-state index contributed by atoms with van der Waals surface area (Å²) in [6.45, 7) is 14.7. The highest BCUT2D eigenvalue weighted by Gasteiger charge is 2.45. The molecule has 6 heterocycles. The number of aliphatic hydroxyl groups is 2. The lowest BCUT2D eigenvalue weighted by Gasteiger charge is -2.24. The van der Waals surface area contributed by atoms with E-state index in [0.29, 0.717) is 36.1 Å². The molecule has 4 aromatic heterocycles. The number of nitrogens with one attached hydrogen (secondary N) is 1. The summed E-state index contributed by atoms with van der Waals surface area (Å²) in [5.41, 5.74) is 10.4. The molecule has 8 aromatic carbocycles. The summed E-state index contributed by atoms with van der Waals surface area (Å²) in [6, 6.07) is 53.1. The van der Waals surface area contributed by atoms with E-state index in [9.17, 15) is 83.0 Å². The van der Waals surface area contributed by atoms with Crippen LogP contribution in [-0.4, -0.2) is 114 Å². The van der Waals surface area contributed by atoms with Crippen molar-refractivity contribution in [2.45, 2.75) is 187 Å². The zero-order valence-electron chi connectivity index (χ0n) is 74.0. The zero-order chi connectivity index (χ0) is 95.1. The van der Waals surface area contributed by atoms with Crippen LogP contribution in [0.5, 0.6) is 5.75 Å². The first kappa shape index (κ1) is 100.0. The van der Waals surface area contributed by atoms with Gasteiger partial charge in [-0.15, -0.1) is 21.5 Å². The van der Waals surface area contributed by atoms with E-state index in [1.54, 1.807) is 37.3 Å². The molecule has 0 saturated carbocycles. The molecule has 2 aliphatic rings. The molecule has 2 aliphatic heterocycles. The first-order valence-corrected chi connectivity index (χ1v) is 44.2. The Hall–Kier alpha value is -12.6. The van der Waals surface area contributed by atoms with Crippen LogP contribution in [0.15, 0.2) is 218 Å². The number of nitrogens with zero attached hydrogens (tertiary/aromatic N) is 7. The van der Waals surface area contributed by atoms with Crippen molar-refractivity contribution < 1.29 is 97.0 Å². The number of hydrogen-bond acceptors (Lipinski definition) is 17. The predicted molar refractivity (Wildman–Crippen MR) is 482 cm³/mol. The minimum absolute atomic E-state index is 0.0218. The molecule has 1 saturated heterocycles. The molecule has 0 bridgehead atoms. The van der Waals surface area contributed by atoms with Crippen LogP contribution in [0.2, 0.25) is 0 Å². The number of halogens is 11. The van der Waals surface area contributed by atoms with Crippen LogP contribution >= 0.6 is 11.3 Å². The molecule has 0 aliphatic carbocycles. The maximum absolute atomic E-state index is 14.7. The molecule has 0 unspecified atom stereocenters. The maximum Gasteiger partial charge on any atom is 0.416 e. The Morgan fingerprint density at radius 3 is 1.95 bits per heavy atom. The summed E-state index contributed by atoms with van der Waals surface area (Å²) in [5, 5.41) is 37.5. The number of ketones is 1. The monoisotopic (exact) mass is 1840 g/mol. The number of carbonyl (C=O) groups is 3. The van der Waals surface area contributed by atoms with E-state index in [1.807, 2.05) is 104 Å². The minimum atomic E-state index is -5.16. The van der Waals surface area contributed by atoms with Gasteiger partial charge in [-0.1, -0.05) is 168 Å². The third-order valence-electron chi connectivity index (χ3n) is 22.2. The van der Waals surface area contributed by atoms with Crippen LogP contribution in [0.25, 0.3) is 55.3 Å². The van der Waals surface area contributed by atoms with E-state index >= 15 is 0 Å². The van der Waals surface area contributed by atoms with Gasteiger partial charge in [-0.05, 0) is 194 Å². The van der Waals surface area contributed by atoms with Crippen molar-refractivity contribution in [2.75, 3.05) is 33.4 Å². The molecular formula is C101H103F11N8O11S. The number of aliphatic hydroxyl groups excluding tert-OH is 2. The highest BCUT2D eigenvalue weighted by atomic mass is 32.1. The van der Waals surface area contributed by atoms with E-state index in [2.05, 4.69) is 93.9 Å². The number of thiazole rings is 1. The van der Waals surface area contributed by atoms with E-state index in [4.69, 9.17) is 24.2 Å². The fourth-order valence-electron chi connectivity index (χ4n) is 15.6. The number of aromatic nitrogens is 5. The van der Waals surface area contributed by atoms with Gasteiger partial charge < -0.3 is 39.1 Å². The lowest BCUT2D eigenvalue weighted by molar-refractivity contribution is -0.757. The van der Waals surface area contributed by atoms with Gasteiger partial charge >= 0.3 is 30.6 Å². The van der Waals surface area contributed by atoms with Crippen LogP contribution < -0.4 is 10.1 Å². The lowest BCUT2D eigenvalue weighted by atomic mass is 9.90. The smallest absolute Gasteiger partial charge is 0.416 e. The maximum atomic E-state index is 14.7. The Kier molecular flexibility index (Phi) is 34.8. The number of methoxy groups -OCH3 is 1. The van der Waals surface area contributed by atoms with Gasteiger partial charge in [-0.2, -0.15) is 39.5 Å². The Labute approximate surface area is 762 Å². The highest BCUT2D eigenvalue weighted by Crippen LogP contribution is 2.47. The molecule has 1 fully saturated rings. The average Bonchev–Trinajstić information content (AvgIpc) is 1.58. The first-order chi connectivity index (χ1) is 62.9. The number of cyclic esters (lactones) is 1. The fraction of sp³-hybridized carbons (Fsp3) is 0.337. The first-order valence-electron chi connectivity index (χ1n) is 43.3. The average molecular weight is 1850 g/mol. The number of aryl methyl sites for hydroxylation is 2. The molecule has 14 rings (SSSR count). The van der Waals surface area contributed by atoms with Gasteiger partial charge in [0, 0.05) is 101 Å². The van der Waals surface area contributed by atoms with Gasteiger partial charge in [0.15, 0.2) is 5.78 Å². The molecule has 132 heavy (non-hydrogen) atoms. The van der Waals surface area contributed by atoms with Crippen LogP contribution in [-0.2, 0) is 82.8 Å². The quantitative estimate of drug-likeness (QED) is 0.00913. The summed E-state index contributed by atoms with van der Waals surface area (Å²) in [5.74, 6) is -1.23. The van der Waals surface area contributed by atoms with E-state index in [0.717, 1.165) is 130 Å².